The zero-order valence-electron chi connectivity index (χ0n) is 14.1. The minimum Gasteiger partial charge on any atom is -0.386 e. The third-order valence-electron chi connectivity index (χ3n) is 3.95. The van der Waals surface area contributed by atoms with Crippen molar-refractivity contribution in [1.29, 1.82) is 0 Å². The molecular weight excluding hydrogens is 552 g/mol. The van der Waals surface area contributed by atoms with Crippen LogP contribution in [0.25, 0.3) is 10.8 Å². The first kappa shape index (κ1) is 19.1. The van der Waals surface area contributed by atoms with Crippen LogP contribution in [0.2, 0.25) is 0 Å². The molecule has 0 unspecified atom stereocenters. The largest absolute Gasteiger partial charge is 0.386 e. The van der Waals surface area contributed by atoms with Crippen molar-refractivity contribution < 1.29 is 4.79 Å². The molecule has 0 fully saturated rings. The van der Waals surface area contributed by atoms with Gasteiger partial charge in [-0.3, -0.25) is 4.79 Å². The van der Waals surface area contributed by atoms with Crippen LogP contribution in [0.1, 0.15) is 11.1 Å². The van der Waals surface area contributed by atoms with E-state index in [4.69, 9.17) is 0 Å². The van der Waals surface area contributed by atoms with Crippen LogP contribution >= 0.6 is 45.2 Å². The molecule has 3 aromatic carbocycles. The number of benzene rings is 3. The number of hydrazone groups is 1. The number of fused-ring (bicyclic) bond motifs is 1. The minimum absolute atomic E-state index is 0.131. The fourth-order valence-electron chi connectivity index (χ4n) is 2.74. The summed E-state index contributed by atoms with van der Waals surface area (Å²) >= 11 is 4.57. The number of amides is 1. The Labute approximate surface area is 179 Å². The zero-order chi connectivity index (χ0) is 18.5. The smallest absolute Gasteiger partial charge is 0.244 e. The Morgan fingerprint density at radius 2 is 1.77 bits per heavy atom. The normalized spacial score (nSPS) is 11.0. The van der Waals surface area contributed by atoms with E-state index in [2.05, 4.69) is 61.0 Å². The molecule has 0 aliphatic heterocycles. The molecule has 6 heteroatoms. The van der Waals surface area contributed by atoms with Crippen molar-refractivity contribution in [3.63, 3.8) is 0 Å². The molecule has 0 saturated heterocycles. The average molecular weight is 569 g/mol. The van der Waals surface area contributed by atoms with Gasteiger partial charge in [0.2, 0.25) is 5.91 Å². The summed E-state index contributed by atoms with van der Waals surface area (Å²) in [6.45, 7) is 0. The summed E-state index contributed by atoms with van der Waals surface area (Å²) in [7, 11) is 1.90. The fourth-order valence-corrected chi connectivity index (χ4v) is 5.10. The molecule has 0 aromatic heterocycles. The van der Waals surface area contributed by atoms with Gasteiger partial charge in [-0.05, 0) is 79.2 Å². The molecule has 1 amide bonds. The molecular formula is C20H17I2N3O. The van der Waals surface area contributed by atoms with Crippen molar-refractivity contribution in [2.24, 2.45) is 5.10 Å². The number of carbonyl (C=O) groups excluding carboxylic acids is 1. The Bertz CT molecular complexity index is 957. The topological polar surface area (TPSA) is 53.5 Å². The van der Waals surface area contributed by atoms with Gasteiger partial charge in [0.25, 0.3) is 0 Å². The highest BCUT2D eigenvalue weighted by Gasteiger charge is 2.07. The van der Waals surface area contributed by atoms with Crippen LogP contribution < -0.4 is 10.7 Å². The van der Waals surface area contributed by atoms with Crippen LogP contribution in [-0.4, -0.2) is 19.2 Å². The van der Waals surface area contributed by atoms with Crippen molar-refractivity contribution in [2.75, 3.05) is 12.4 Å². The van der Waals surface area contributed by atoms with Crippen LogP contribution in [0.5, 0.6) is 0 Å². The van der Waals surface area contributed by atoms with E-state index < -0.39 is 0 Å². The van der Waals surface area contributed by atoms with Gasteiger partial charge < -0.3 is 5.32 Å². The van der Waals surface area contributed by atoms with E-state index in [9.17, 15) is 4.79 Å². The standard InChI is InChI=1S/C20H17I2N3O/c1-23-20-17(21)9-13(10-18(20)22)12-24-25-19(26)11-15-7-4-6-14-5-2-3-8-16(14)15/h2-10,12,23H,11H2,1H3,(H,25,26)/b24-12-. The summed E-state index contributed by atoms with van der Waals surface area (Å²) in [5.74, 6) is -0.131. The minimum atomic E-state index is -0.131. The first-order valence-corrected chi connectivity index (χ1v) is 10.2. The lowest BCUT2D eigenvalue weighted by atomic mass is 10.0. The van der Waals surface area contributed by atoms with Gasteiger partial charge in [-0.2, -0.15) is 5.10 Å². The second-order valence-corrected chi connectivity index (χ2v) is 8.04. The van der Waals surface area contributed by atoms with Gasteiger partial charge >= 0.3 is 0 Å². The third kappa shape index (κ3) is 4.53. The highest BCUT2D eigenvalue weighted by atomic mass is 127. The maximum atomic E-state index is 12.2. The van der Waals surface area contributed by atoms with Crippen LogP contribution in [0, 0.1) is 7.14 Å². The Morgan fingerprint density at radius 3 is 2.50 bits per heavy atom. The summed E-state index contributed by atoms with van der Waals surface area (Å²) in [4.78, 5) is 12.2. The summed E-state index contributed by atoms with van der Waals surface area (Å²) in [5.41, 5.74) is 5.67. The molecule has 26 heavy (non-hydrogen) atoms. The highest BCUT2D eigenvalue weighted by Crippen LogP contribution is 2.25. The first-order valence-electron chi connectivity index (χ1n) is 8.04. The molecule has 0 heterocycles. The van der Waals surface area contributed by atoms with E-state index in [0.717, 1.165) is 34.7 Å². The predicted octanol–water partition coefficient (Wildman–Crippen LogP) is 4.78. The summed E-state index contributed by atoms with van der Waals surface area (Å²) < 4.78 is 2.22. The molecule has 3 aromatic rings. The number of hydrogen-bond donors (Lipinski definition) is 2. The fraction of sp³-hybridized carbons (Fsp3) is 0.100. The van der Waals surface area contributed by atoms with Gasteiger partial charge in [0.1, 0.15) is 0 Å². The number of carbonyl (C=O) groups is 1. The molecule has 0 aliphatic carbocycles. The number of rotatable bonds is 5. The van der Waals surface area contributed by atoms with Gasteiger partial charge in [0, 0.05) is 14.2 Å². The van der Waals surface area contributed by atoms with E-state index in [1.807, 2.05) is 61.6 Å². The Hall–Kier alpha value is -1.68. The van der Waals surface area contributed by atoms with E-state index in [-0.39, 0.29) is 5.91 Å². The Balaban J connectivity index is 1.68. The van der Waals surface area contributed by atoms with Gasteiger partial charge in [0.05, 0.1) is 18.3 Å². The Morgan fingerprint density at radius 1 is 1.08 bits per heavy atom. The van der Waals surface area contributed by atoms with Gasteiger partial charge in [0.15, 0.2) is 0 Å². The average Bonchev–Trinajstić information content (AvgIpc) is 2.62. The summed E-state index contributed by atoms with van der Waals surface area (Å²) in [6.07, 6.45) is 1.97. The second kappa shape index (κ2) is 8.81. The molecule has 132 valence electrons. The molecule has 0 spiro atoms. The molecule has 4 nitrogen and oxygen atoms in total. The van der Waals surface area contributed by atoms with Gasteiger partial charge in [-0.1, -0.05) is 42.5 Å². The number of halogens is 2. The van der Waals surface area contributed by atoms with Crippen molar-refractivity contribution in [2.45, 2.75) is 6.42 Å². The van der Waals surface area contributed by atoms with E-state index in [0.29, 0.717) is 6.42 Å². The van der Waals surface area contributed by atoms with Crippen LogP contribution in [-0.2, 0) is 11.2 Å². The van der Waals surface area contributed by atoms with Crippen LogP contribution in [0.4, 0.5) is 5.69 Å². The van der Waals surface area contributed by atoms with Gasteiger partial charge in [-0.25, -0.2) is 5.43 Å². The molecule has 0 atom stereocenters. The van der Waals surface area contributed by atoms with Crippen LogP contribution in [0.3, 0.4) is 0 Å². The van der Waals surface area contributed by atoms with E-state index in [1.54, 1.807) is 6.21 Å². The summed E-state index contributed by atoms with van der Waals surface area (Å²) in [5, 5.41) is 9.51. The quantitative estimate of drug-likeness (QED) is 0.264. The van der Waals surface area contributed by atoms with Crippen LogP contribution in [0.15, 0.2) is 59.7 Å². The lowest BCUT2D eigenvalue weighted by Crippen LogP contribution is -2.19. The SMILES string of the molecule is CNc1c(I)cc(/C=N\NC(=O)Cc2cccc3ccccc23)cc1I. The lowest BCUT2D eigenvalue weighted by molar-refractivity contribution is -0.120. The predicted molar refractivity (Wildman–Crippen MR) is 125 cm³/mol. The molecule has 2 N–H and O–H groups in total. The zero-order valence-corrected chi connectivity index (χ0v) is 18.4. The maximum absolute atomic E-state index is 12.2. The molecule has 0 bridgehead atoms. The number of nitrogens with one attached hydrogen (secondary N) is 2. The molecule has 0 aliphatic rings. The molecule has 0 radical (unpaired) electrons. The number of nitrogens with zero attached hydrogens (tertiary/aromatic N) is 1. The maximum Gasteiger partial charge on any atom is 0.244 e. The van der Waals surface area contributed by atoms with Crippen molar-refractivity contribution >= 4 is 73.8 Å². The highest BCUT2D eigenvalue weighted by molar-refractivity contribution is 14.1. The van der Waals surface area contributed by atoms with Crippen molar-refractivity contribution in [1.82, 2.24) is 5.43 Å². The van der Waals surface area contributed by atoms with E-state index in [1.165, 1.54) is 0 Å². The Kier molecular flexibility index (Phi) is 6.47. The molecule has 3 rings (SSSR count). The van der Waals surface area contributed by atoms with Gasteiger partial charge in [-0.15, -0.1) is 0 Å². The first-order chi connectivity index (χ1) is 12.6. The lowest BCUT2D eigenvalue weighted by Gasteiger charge is -2.08. The monoisotopic (exact) mass is 569 g/mol. The van der Waals surface area contributed by atoms with Crippen molar-refractivity contribution in [3.8, 4) is 0 Å². The number of anilines is 1. The van der Waals surface area contributed by atoms with E-state index >= 15 is 0 Å². The number of hydrogen-bond acceptors (Lipinski definition) is 3. The summed E-state index contributed by atoms with van der Waals surface area (Å²) in [6, 6.07) is 18.1. The molecule has 0 saturated carbocycles. The van der Waals surface area contributed by atoms with Crippen molar-refractivity contribution in [3.05, 3.63) is 72.9 Å². The third-order valence-corrected chi connectivity index (χ3v) is 5.65. The second-order valence-electron chi connectivity index (χ2n) is 5.72.